The fourth-order valence-corrected chi connectivity index (χ4v) is 3.57. The Morgan fingerprint density at radius 1 is 1.14 bits per heavy atom. The minimum Gasteiger partial charge on any atom is -0.462 e. The molecule has 6 nitrogen and oxygen atoms in total. The summed E-state index contributed by atoms with van der Waals surface area (Å²) in [4.78, 5) is 28.4. The first-order valence-corrected chi connectivity index (χ1v) is 10.3. The molecular formula is C22H23N3O3S. The average molecular weight is 410 g/mol. The Kier molecular flexibility index (Phi) is 6.72. The van der Waals surface area contributed by atoms with Gasteiger partial charge in [-0.3, -0.25) is 9.36 Å². The summed E-state index contributed by atoms with van der Waals surface area (Å²) in [6.45, 7) is 6.23. The normalized spacial score (nSPS) is 10.6. The van der Waals surface area contributed by atoms with Gasteiger partial charge in [0.25, 0.3) is 0 Å². The minimum atomic E-state index is -0.376. The number of thioether (sulfide) groups is 1. The minimum absolute atomic E-state index is 0.144. The van der Waals surface area contributed by atoms with Gasteiger partial charge >= 0.3 is 5.97 Å². The maximum Gasteiger partial charge on any atom is 0.338 e. The first kappa shape index (κ1) is 20.7. The summed E-state index contributed by atoms with van der Waals surface area (Å²) in [6.07, 6.45) is 3.63. The molecule has 1 aromatic heterocycles. The zero-order valence-corrected chi connectivity index (χ0v) is 17.5. The molecule has 0 atom stereocenters. The number of aryl methyl sites for hydroxylation is 1. The zero-order valence-electron chi connectivity index (χ0n) is 16.6. The molecule has 3 rings (SSSR count). The average Bonchev–Trinajstić information content (AvgIpc) is 3.17. The summed E-state index contributed by atoms with van der Waals surface area (Å²) < 4.78 is 6.95. The van der Waals surface area contributed by atoms with Crippen molar-refractivity contribution in [3.63, 3.8) is 0 Å². The van der Waals surface area contributed by atoms with E-state index in [9.17, 15) is 9.59 Å². The molecule has 0 aliphatic heterocycles. The predicted octanol–water partition coefficient (Wildman–Crippen LogP) is 4.40. The van der Waals surface area contributed by atoms with Crippen LogP contribution in [0.5, 0.6) is 0 Å². The van der Waals surface area contributed by atoms with Gasteiger partial charge < -0.3 is 10.1 Å². The number of amides is 1. The molecule has 0 radical (unpaired) electrons. The van der Waals surface area contributed by atoms with E-state index in [1.165, 1.54) is 22.9 Å². The van der Waals surface area contributed by atoms with Crippen molar-refractivity contribution < 1.29 is 14.3 Å². The van der Waals surface area contributed by atoms with E-state index in [1.54, 1.807) is 37.4 Å². The summed E-state index contributed by atoms with van der Waals surface area (Å²) in [6, 6.07) is 12.8. The molecule has 29 heavy (non-hydrogen) atoms. The Balaban J connectivity index is 1.61. The number of aromatic nitrogens is 2. The second-order valence-corrected chi connectivity index (χ2v) is 7.38. The Hall–Kier alpha value is -3.06. The SMILES string of the molecule is CCOC(=O)c1ccc(NC(=O)CSc2nccn2-c2cccc(C)c2C)cc1. The number of carbonyl (C=O) groups excluding carboxylic acids is 2. The highest BCUT2D eigenvalue weighted by Crippen LogP contribution is 2.24. The van der Waals surface area contributed by atoms with E-state index in [1.807, 2.05) is 22.9 Å². The van der Waals surface area contributed by atoms with Crippen molar-refractivity contribution in [3.8, 4) is 5.69 Å². The number of rotatable bonds is 7. The van der Waals surface area contributed by atoms with Gasteiger partial charge in [-0.05, 0) is 62.2 Å². The smallest absolute Gasteiger partial charge is 0.338 e. The highest BCUT2D eigenvalue weighted by atomic mass is 32.2. The monoisotopic (exact) mass is 409 g/mol. The fraction of sp³-hybridized carbons (Fsp3) is 0.227. The maximum atomic E-state index is 12.3. The van der Waals surface area contributed by atoms with Crippen LogP contribution >= 0.6 is 11.8 Å². The van der Waals surface area contributed by atoms with Gasteiger partial charge in [-0.25, -0.2) is 9.78 Å². The Morgan fingerprint density at radius 2 is 1.90 bits per heavy atom. The van der Waals surface area contributed by atoms with Gasteiger partial charge in [0, 0.05) is 18.1 Å². The van der Waals surface area contributed by atoms with E-state index in [4.69, 9.17) is 4.74 Å². The first-order chi connectivity index (χ1) is 14.0. The molecule has 150 valence electrons. The van der Waals surface area contributed by atoms with Crippen LogP contribution in [0, 0.1) is 13.8 Å². The zero-order chi connectivity index (χ0) is 20.8. The van der Waals surface area contributed by atoms with Crippen molar-refractivity contribution in [2.75, 3.05) is 17.7 Å². The lowest BCUT2D eigenvalue weighted by molar-refractivity contribution is -0.113. The van der Waals surface area contributed by atoms with E-state index in [-0.39, 0.29) is 17.6 Å². The van der Waals surface area contributed by atoms with Crippen LogP contribution in [0.15, 0.2) is 60.0 Å². The molecule has 1 amide bonds. The lowest BCUT2D eigenvalue weighted by atomic mass is 10.1. The molecule has 0 bridgehead atoms. The number of hydrogen-bond donors (Lipinski definition) is 1. The molecule has 0 spiro atoms. The third-order valence-corrected chi connectivity index (χ3v) is 5.42. The molecule has 0 fully saturated rings. The largest absolute Gasteiger partial charge is 0.462 e. The standard InChI is InChI=1S/C22H23N3O3S/c1-4-28-21(27)17-8-10-18(11-9-17)24-20(26)14-29-22-23-12-13-25(22)19-7-5-6-15(2)16(19)3/h5-13H,4,14H2,1-3H3,(H,24,26). The van der Waals surface area contributed by atoms with Gasteiger partial charge in [0.1, 0.15) is 0 Å². The van der Waals surface area contributed by atoms with E-state index in [2.05, 4.69) is 30.2 Å². The van der Waals surface area contributed by atoms with Crippen molar-refractivity contribution in [2.24, 2.45) is 0 Å². The van der Waals surface area contributed by atoms with Crippen LogP contribution in [0.4, 0.5) is 5.69 Å². The molecular weight excluding hydrogens is 386 g/mol. The molecule has 1 heterocycles. The molecule has 0 saturated heterocycles. The summed E-state index contributed by atoms with van der Waals surface area (Å²) >= 11 is 1.37. The number of imidazole rings is 1. The van der Waals surface area contributed by atoms with Crippen molar-refractivity contribution in [2.45, 2.75) is 25.9 Å². The summed E-state index contributed by atoms with van der Waals surface area (Å²) in [5, 5.41) is 3.59. The number of anilines is 1. The summed E-state index contributed by atoms with van der Waals surface area (Å²) in [5.74, 6) is -0.296. The second-order valence-electron chi connectivity index (χ2n) is 6.43. The van der Waals surface area contributed by atoms with E-state index in [0.29, 0.717) is 17.9 Å². The number of nitrogens with one attached hydrogen (secondary N) is 1. The molecule has 1 N–H and O–H groups in total. The van der Waals surface area contributed by atoms with Crippen molar-refractivity contribution in [3.05, 3.63) is 71.5 Å². The number of ether oxygens (including phenoxy) is 1. The van der Waals surface area contributed by atoms with Crippen LogP contribution < -0.4 is 5.32 Å². The highest BCUT2D eigenvalue weighted by molar-refractivity contribution is 7.99. The van der Waals surface area contributed by atoms with Crippen LogP contribution in [0.2, 0.25) is 0 Å². The van der Waals surface area contributed by atoms with Gasteiger partial charge in [-0.2, -0.15) is 0 Å². The second kappa shape index (κ2) is 9.43. The van der Waals surface area contributed by atoms with Gasteiger partial charge in [-0.15, -0.1) is 0 Å². The maximum absolute atomic E-state index is 12.3. The third-order valence-electron chi connectivity index (χ3n) is 4.45. The molecule has 2 aromatic carbocycles. The Morgan fingerprint density at radius 3 is 2.62 bits per heavy atom. The number of esters is 1. The third kappa shape index (κ3) is 5.06. The van der Waals surface area contributed by atoms with E-state index in [0.717, 1.165) is 10.8 Å². The van der Waals surface area contributed by atoms with Crippen molar-refractivity contribution in [1.29, 1.82) is 0 Å². The fourth-order valence-electron chi connectivity index (χ4n) is 2.81. The Bertz CT molecular complexity index is 1010. The van der Waals surface area contributed by atoms with Crippen LogP contribution in [0.25, 0.3) is 5.69 Å². The first-order valence-electron chi connectivity index (χ1n) is 9.29. The van der Waals surface area contributed by atoms with Crippen LogP contribution in [-0.2, 0) is 9.53 Å². The van der Waals surface area contributed by atoms with Crippen LogP contribution in [0.3, 0.4) is 0 Å². The molecule has 3 aromatic rings. The lowest BCUT2D eigenvalue weighted by Gasteiger charge is -2.12. The van der Waals surface area contributed by atoms with E-state index >= 15 is 0 Å². The lowest BCUT2D eigenvalue weighted by Crippen LogP contribution is -2.15. The number of nitrogens with zero attached hydrogens (tertiary/aromatic N) is 2. The molecule has 0 unspecified atom stereocenters. The van der Waals surface area contributed by atoms with Gasteiger partial charge in [0.15, 0.2) is 5.16 Å². The van der Waals surface area contributed by atoms with Crippen molar-refractivity contribution in [1.82, 2.24) is 9.55 Å². The Labute approximate surface area is 174 Å². The van der Waals surface area contributed by atoms with Gasteiger partial charge in [0.05, 0.1) is 23.6 Å². The highest BCUT2D eigenvalue weighted by Gasteiger charge is 2.12. The topological polar surface area (TPSA) is 73.2 Å². The molecule has 0 aliphatic carbocycles. The van der Waals surface area contributed by atoms with Crippen LogP contribution in [-0.4, -0.2) is 33.8 Å². The number of benzene rings is 2. The predicted molar refractivity (Wildman–Crippen MR) is 115 cm³/mol. The van der Waals surface area contributed by atoms with Crippen LogP contribution in [0.1, 0.15) is 28.4 Å². The number of carbonyl (C=O) groups is 2. The van der Waals surface area contributed by atoms with Crippen molar-refractivity contribution >= 4 is 29.3 Å². The summed E-state index contributed by atoms with van der Waals surface area (Å²) in [7, 11) is 0. The van der Waals surface area contributed by atoms with Gasteiger partial charge in [0.2, 0.25) is 5.91 Å². The summed E-state index contributed by atoms with van der Waals surface area (Å²) in [5.41, 5.74) is 4.52. The molecule has 7 heteroatoms. The molecule has 0 saturated carbocycles. The quantitative estimate of drug-likeness (QED) is 0.463. The number of hydrogen-bond acceptors (Lipinski definition) is 5. The molecule has 0 aliphatic rings. The van der Waals surface area contributed by atoms with E-state index < -0.39 is 0 Å². The van der Waals surface area contributed by atoms with Gasteiger partial charge in [-0.1, -0.05) is 23.9 Å².